The summed E-state index contributed by atoms with van der Waals surface area (Å²) in [5.41, 5.74) is 2.40. The van der Waals surface area contributed by atoms with E-state index in [4.69, 9.17) is 0 Å². The van der Waals surface area contributed by atoms with E-state index in [0.717, 1.165) is 0 Å². The highest BCUT2D eigenvalue weighted by Gasteiger charge is 2.40. The normalized spacial score (nSPS) is 21.8. The van der Waals surface area contributed by atoms with Crippen molar-refractivity contribution in [1.82, 2.24) is 5.01 Å². The van der Waals surface area contributed by atoms with Gasteiger partial charge in [0.1, 0.15) is 12.1 Å². The van der Waals surface area contributed by atoms with Gasteiger partial charge in [0.2, 0.25) is 0 Å². The standard InChI is InChI=1S/C18H21N3/c1-18(2,3)21-17(15-12-8-5-9-13-15)16(19-20-21)14-10-6-4-7-11-14/h4-13,16-17H,1-3H3. The fraction of sp³-hybridized carbons (Fsp3) is 0.333. The molecule has 0 aliphatic carbocycles. The van der Waals surface area contributed by atoms with Crippen molar-refractivity contribution >= 4 is 0 Å². The highest BCUT2D eigenvalue weighted by Crippen LogP contribution is 2.45. The minimum Gasteiger partial charge on any atom is -0.263 e. The Labute approximate surface area is 126 Å². The average molecular weight is 279 g/mol. The van der Waals surface area contributed by atoms with Gasteiger partial charge in [-0.3, -0.25) is 5.01 Å². The van der Waals surface area contributed by atoms with E-state index >= 15 is 0 Å². The fourth-order valence-electron chi connectivity index (χ4n) is 2.79. The maximum absolute atomic E-state index is 4.56. The van der Waals surface area contributed by atoms with Crippen LogP contribution in [0.25, 0.3) is 0 Å². The summed E-state index contributed by atoms with van der Waals surface area (Å²) >= 11 is 0. The molecule has 2 atom stereocenters. The highest BCUT2D eigenvalue weighted by atomic mass is 15.6. The molecule has 0 saturated heterocycles. The lowest BCUT2D eigenvalue weighted by atomic mass is 9.91. The second kappa shape index (κ2) is 5.32. The van der Waals surface area contributed by atoms with E-state index < -0.39 is 0 Å². The zero-order chi connectivity index (χ0) is 14.9. The summed E-state index contributed by atoms with van der Waals surface area (Å²) in [5, 5.41) is 11.2. The topological polar surface area (TPSA) is 28.0 Å². The Kier molecular flexibility index (Phi) is 3.50. The average Bonchev–Trinajstić information content (AvgIpc) is 2.94. The zero-order valence-electron chi connectivity index (χ0n) is 12.8. The SMILES string of the molecule is CC(C)(C)N1N=NC(c2ccccc2)C1c1ccccc1. The van der Waals surface area contributed by atoms with Gasteiger partial charge in [-0.25, -0.2) is 0 Å². The van der Waals surface area contributed by atoms with Crippen LogP contribution >= 0.6 is 0 Å². The summed E-state index contributed by atoms with van der Waals surface area (Å²) in [5.74, 6) is 0. The van der Waals surface area contributed by atoms with Crippen LogP contribution in [0.2, 0.25) is 0 Å². The summed E-state index contributed by atoms with van der Waals surface area (Å²) in [6, 6.07) is 21.1. The van der Waals surface area contributed by atoms with E-state index in [1.54, 1.807) is 0 Å². The molecule has 3 nitrogen and oxygen atoms in total. The molecule has 2 aromatic carbocycles. The second-order valence-corrected chi connectivity index (χ2v) is 6.43. The third-order valence-electron chi connectivity index (χ3n) is 3.80. The molecule has 3 heteroatoms. The van der Waals surface area contributed by atoms with Crippen molar-refractivity contribution in [3.8, 4) is 0 Å². The first kappa shape index (κ1) is 13.8. The quantitative estimate of drug-likeness (QED) is 0.764. The monoisotopic (exact) mass is 279 g/mol. The number of hydrogen-bond acceptors (Lipinski definition) is 3. The van der Waals surface area contributed by atoms with Crippen molar-refractivity contribution in [2.75, 3.05) is 0 Å². The van der Waals surface area contributed by atoms with Gasteiger partial charge in [-0.1, -0.05) is 65.9 Å². The molecule has 0 spiro atoms. The highest BCUT2D eigenvalue weighted by molar-refractivity contribution is 5.29. The van der Waals surface area contributed by atoms with Gasteiger partial charge >= 0.3 is 0 Å². The predicted molar refractivity (Wildman–Crippen MR) is 84.8 cm³/mol. The summed E-state index contributed by atoms with van der Waals surface area (Å²) in [4.78, 5) is 0. The summed E-state index contributed by atoms with van der Waals surface area (Å²) in [6.07, 6.45) is 0. The Balaban J connectivity index is 2.03. The summed E-state index contributed by atoms with van der Waals surface area (Å²) in [6.45, 7) is 6.53. The van der Waals surface area contributed by atoms with Crippen LogP contribution in [-0.2, 0) is 0 Å². The van der Waals surface area contributed by atoms with Crippen molar-refractivity contribution in [2.45, 2.75) is 38.4 Å². The zero-order valence-corrected chi connectivity index (χ0v) is 12.8. The molecule has 0 bridgehead atoms. The summed E-state index contributed by atoms with van der Waals surface area (Å²) in [7, 11) is 0. The largest absolute Gasteiger partial charge is 0.263 e. The molecule has 0 N–H and O–H groups in total. The van der Waals surface area contributed by atoms with E-state index in [1.807, 2.05) is 12.1 Å². The Hall–Kier alpha value is -2.16. The summed E-state index contributed by atoms with van der Waals surface area (Å²) < 4.78 is 0. The van der Waals surface area contributed by atoms with Crippen LogP contribution in [0.3, 0.4) is 0 Å². The molecule has 0 saturated carbocycles. The van der Waals surface area contributed by atoms with Crippen LogP contribution < -0.4 is 0 Å². The predicted octanol–water partition coefficient (Wildman–Crippen LogP) is 4.95. The lowest BCUT2D eigenvalue weighted by molar-refractivity contribution is 0.0973. The molecular weight excluding hydrogens is 258 g/mol. The minimum absolute atomic E-state index is 0.0489. The molecule has 1 heterocycles. The minimum atomic E-state index is -0.0620. The smallest absolute Gasteiger partial charge is 0.124 e. The maximum atomic E-state index is 4.56. The molecule has 0 amide bonds. The molecule has 108 valence electrons. The van der Waals surface area contributed by atoms with Crippen LogP contribution in [0.5, 0.6) is 0 Å². The van der Waals surface area contributed by atoms with Crippen molar-refractivity contribution in [3.63, 3.8) is 0 Å². The van der Waals surface area contributed by atoms with E-state index in [-0.39, 0.29) is 17.6 Å². The van der Waals surface area contributed by atoms with Crippen LogP contribution in [0, 0.1) is 0 Å². The Bertz CT molecular complexity index is 614. The van der Waals surface area contributed by atoms with Gasteiger partial charge in [0.05, 0.1) is 5.54 Å². The molecular formula is C18H21N3. The molecule has 3 rings (SSSR count). The maximum Gasteiger partial charge on any atom is 0.124 e. The van der Waals surface area contributed by atoms with Gasteiger partial charge in [-0.05, 0) is 31.9 Å². The molecule has 2 unspecified atom stereocenters. The van der Waals surface area contributed by atoms with Crippen LogP contribution in [-0.4, -0.2) is 10.5 Å². The Morgan fingerprint density at radius 1 is 0.810 bits per heavy atom. The van der Waals surface area contributed by atoms with Gasteiger partial charge in [-0.15, -0.1) is 0 Å². The lowest BCUT2D eigenvalue weighted by Gasteiger charge is -2.36. The number of benzene rings is 2. The van der Waals surface area contributed by atoms with Crippen molar-refractivity contribution in [2.24, 2.45) is 10.3 Å². The van der Waals surface area contributed by atoms with E-state index in [9.17, 15) is 0 Å². The molecule has 0 radical (unpaired) electrons. The van der Waals surface area contributed by atoms with Crippen molar-refractivity contribution in [1.29, 1.82) is 0 Å². The Morgan fingerprint density at radius 3 is 1.86 bits per heavy atom. The number of hydrogen-bond donors (Lipinski definition) is 0. The second-order valence-electron chi connectivity index (χ2n) is 6.43. The van der Waals surface area contributed by atoms with Gasteiger partial charge < -0.3 is 0 Å². The first-order valence-electron chi connectivity index (χ1n) is 7.37. The lowest BCUT2D eigenvalue weighted by Crippen LogP contribution is -2.39. The van der Waals surface area contributed by atoms with Crippen LogP contribution in [0.1, 0.15) is 44.0 Å². The van der Waals surface area contributed by atoms with Gasteiger partial charge in [0, 0.05) is 0 Å². The Morgan fingerprint density at radius 2 is 1.33 bits per heavy atom. The third kappa shape index (κ3) is 2.68. The van der Waals surface area contributed by atoms with E-state index in [1.165, 1.54) is 11.1 Å². The van der Waals surface area contributed by atoms with Gasteiger partial charge in [0.15, 0.2) is 0 Å². The molecule has 1 aliphatic heterocycles. The van der Waals surface area contributed by atoms with Gasteiger partial charge in [-0.2, -0.15) is 5.11 Å². The molecule has 0 fully saturated rings. The third-order valence-corrected chi connectivity index (χ3v) is 3.80. The molecule has 21 heavy (non-hydrogen) atoms. The van der Waals surface area contributed by atoms with E-state index in [0.29, 0.717) is 0 Å². The molecule has 0 aromatic heterocycles. The van der Waals surface area contributed by atoms with Crippen molar-refractivity contribution < 1.29 is 0 Å². The fourth-order valence-corrected chi connectivity index (χ4v) is 2.79. The van der Waals surface area contributed by atoms with Crippen LogP contribution in [0.15, 0.2) is 71.0 Å². The van der Waals surface area contributed by atoms with Gasteiger partial charge in [0.25, 0.3) is 0 Å². The number of rotatable bonds is 2. The number of nitrogens with zero attached hydrogens (tertiary/aromatic N) is 3. The first-order valence-corrected chi connectivity index (χ1v) is 7.37. The van der Waals surface area contributed by atoms with Crippen molar-refractivity contribution in [3.05, 3.63) is 71.8 Å². The molecule has 1 aliphatic rings. The first-order chi connectivity index (χ1) is 10.1. The van der Waals surface area contributed by atoms with Crippen LogP contribution in [0.4, 0.5) is 0 Å². The molecule has 2 aromatic rings. The van der Waals surface area contributed by atoms with E-state index in [2.05, 4.69) is 84.6 Å².